The Kier molecular flexibility index (Phi) is 3.69. The van der Waals surface area contributed by atoms with Crippen molar-refractivity contribution in [1.82, 2.24) is 0 Å². The highest BCUT2D eigenvalue weighted by molar-refractivity contribution is 5.90. The van der Waals surface area contributed by atoms with E-state index in [0.717, 1.165) is 5.56 Å². The van der Waals surface area contributed by atoms with Gasteiger partial charge in [-0.05, 0) is 24.6 Å². The lowest BCUT2D eigenvalue weighted by molar-refractivity contribution is -0.166. The Morgan fingerprint density at radius 3 is 2.16 bits per heavy atom. The van der Waals surface area contributed by atoms with Crippen LogP contribution in [0.5, 0.6) is 0 Å². The van der Waals surface area contributed by atoms with Gasteiger partial charge in [-0.15, -0.1) is 0 Å². The molecule has 0 bridgehead atoms. The van der Waals surface area contributed by atoms with Gasteiger partial charge < -0.3 is 9.47 Å². The lowest BCUT2D eigenvalue weighted by atomic mass is 9.72. The molecule has 1 aliphatic rings. The molecule has 2 unspecified atom stereocenters. The molecule has 1 aromatic carbocycles. The summed E-state index contributed by atoms with van der Waals surface area (Å²) in [6.07, 6.45) is 7.31. The van der Waals surface area contributed by atoms with E-state index in [0.29, 0.717) is 0 Å². The van der Waals surface area contributed by atoms with Crippen LogP contribution in [0.2, 0.25) is 0 Å². The third-order valence-corrected chi connectivity index (χ3v) is 3.69. The molecular formula is C16H18O3. The van der Waals surface area contributed by atoms with Crippen LogP contribution >= 0.6 is 0 Å². The smallest absolute Gasteiger partial charge is 0.180 e. The predicted molar refractivity (Wildman–Crippen MR) is 73.8 cm³/mol. The van der Waals surface area contributed by atoms with E-state index in [9.17, 15) is 4.79 Å². The van der Waals surface area contributed by atoms with Crippen molar-refractivity contribution >= 4 is 5.78 Å². The molecule has 0 heterocycles. The van der Waals surface area contributed by atoms with Crippen molar-refractivity contribution in [3.63, 3.8) is 0 Å². The van der Waals surface area contributed by atoms with Crippen LogP contribution in [0.1, 0.15) is 12.5 Å². The zero-order valence-corrected chi connectivity index (χ0v) is 11.4. The highest BCUT2D eigenvalue weighted by Gasteiger charge is 2.55. The number of hydrogen-bond acceptors (Lipinski definition) is 3. The van der Waals surface area contributed by atoms with Gasteiger partial charge in [0.2, 0.25) is 0 Å². The fraction of sp³-hybridized carbons (Fsp3) is 0.312. The molecule has 100 valence electrons. The van der Waals surface area contributed by atoms with Gasteiger partial charge in [-0.25, -0.2) is 0 Å². The monoisotopic (exact) mass is 258 g/mol. The molecule has 0 radical (unpaired) electrons. The molecule has 0 aliphatic heterocycles. The van der Waals surface area contributed by atoms with Crippen molar-refractivity contribution in [3.8, 4) is 0 Å². The molecule has 0 spiro atoms. The molecule has 1 aliphatic carbocycles. The SMILES string of the molecule is COC1(C(C)=O)C=CC=CC1(OC)c1ccccc1. The summed E-state index contributed by atoms with van der Waals surface area (Å²) in [6, 6.07) is 9.64. The normalized spacial score (nSPS) is 29.4. The molecule has 0 aromatic heterocycles. The molecule has 0 saturated heterocycles. The van der Waals surface area contributed by atoms with Crippen molar-refractivity contribution < 1.29 is 14.3 Å². The summed E-state index contributed by atoms with van der Waals surface area (Å²) in [7, 11) is 3.12. The Labute approximate surface area is 113 Å². The van der Waals surface area contributed by atoms with Crippen LogP contribution in [-0.4, -0.2) is 25.6 Å². The fourth-order valence-corrected chi connectivity index (χ4v) is 2.71. The molecular weight excluding hydrogens is 240 g/mol. The van der Waals surface area contributed by atoms with Crippen LogP contribution in [0.3, 0.4) is 0 Å². The quantitative estimate of drug-likeness (QED) is 0.832. The first-order chi connectivity index (χ1) is 9.13. The number of rotatable bonds is 4. The summed E-state index contributed by atoms with van der Waals surface area (Å²) in [6.45, 7) is 1.52. The molecule has 2 rings (SSSR count). The zero-order valence-electron chi connectivity index (χ0n) is 11.4. The standard InChI is InChI=1S/C16H18O3/c1-13(17)15(18-2)11-7-8-12-16(15,19-3)14-9-5-4-6-10-14/h4-12H,1-3H3. The van der Waals surface area contributed by atoms with E-state index in [-0.39, 0.29) is 5.78 Å². The second-order valence-electron chi connectivity index (χ2n) is 4.52. The van der Waals surface area contributed by atoms with Crippen LogP contribution in [-0.2, 0) is 19.9 Å². The summed E-state index contributed by atoms with van der Waals surface area (Å²) >= 11 is 0. The number of ketones is 1. The molecule has 0 amide bonds. The summed E-state index contributed by atoms with van der Waals surface area (Å²) < 4.78 is 11.3. The van der Waals surface area contributed by atoms with E-state index in [1.54, 1.807) is 13.2 Å². The number of allylic oxidation sites excluding steroid dienone is 2. The van der Waals surface area contributed by atoms with Crippen molar-refractivity contribution in [2.45, 2.75) is 18.1 Å². The van der Waals surface area contributed by atoms with Crippen molar-refractivity contribution in [1.29, 1.82) is 0 Å². The summed E-state index contributed by atoms with van der Waals surface area (Å²) in [5, 5.41) is 0. The van der Waals surface area contributed by atoms with Gasteiger partial charge in [0, 0.05) is 14.2 Å². The molecule has 19 heavy (non-hydrogen) atoms. The maximum Gasteiger partial charge on any atom is 0.180 e. The van der Waals surface area contributed by atoms with Crippen LogP contribution < -0.4 is 0 Å². The van der Waals surface area contributed by atoms with E-state index in [2.05, 4.69) is 0 Å². The van der Waals surface area contributed by atoms with Gasteiger partial charge in [-0.3, -0.25) is 4.79 Å². The van der Waals surface area contributed by atoms with E-state index < -0.39 is 11.2 Å². The lowest BCUT2D eigenvalue weighted by Crippen LogP contribution is -2.57. The number of carbonyl (C=O) groups is 1. The molecule has 3 nitrogen and oxygen atoms in total. The van der Waals surface area contributed by atoms with Crippen LogP contribution in [0.25, 0.3) is 0 Å². The Morgan fingerprint density at radius 1 is 1.00 bits per heavy atom. The molecule has 0 saturated carbocycles. The van der Waals surface area contributed by atoms with E-state index >= 15 is 0 Å². The minimum absolute atomic E-state index is 0.0960. The number of carbonyl (C=O) groups excluding carboxylic acids is 1. The molecule has 3 heteroatoms. The van der Waals surface area contributed by atoms with Gasteiger partial charge in [0.1, 0.15) is 0 Å². The Morgan fingerprint density at radius 2 is 1.63 bits per heavy atom. The van der Waals surface area contributed by atoms with Crippen LogP contribution in [0.4, 0.5) is 0 Å². The average molecular weight is 258 g/mol. The second-order valence-corrected chi connectivity index (χ2v) is 4.52. The van der Waals surface area contributed by atoms with Gasteiger partial charge >= 0.3 is 0 Å². The van der Waals surface area contributed by atoms with Gasteiger partial charge in [-0.1, -0.05) is 42.5 Å². The number of ether oxygens (including phenoxy) is 2. The third-order valence-electron chi connectivity index (χ3n) is 3.69. The number of hydrogen-bond donors (Lipinski definition) is 0. The first kappa shape index (κ1) is 13.7. The van der Waals surface area contributed by atoms with E-state index in [1.807, 2.05) is 48.6 Å². The molecule has 0 fully saturated rings. The average Bonchev–Trinajstić information content (AvgIpc) is 2.47. The van der Waals surface area contributed by atoms with E-state index in [4.69, 9.17) is 9.47 Å². The maximum atomic E-state index is 12.2. The summed E-state index contributed by atoms with van der Waals surface area (Å²) in [5.74, 6) is -0.0960. The second kappa shape index (κ2) is 5.11. The van der Waals surface area contributed by atoms with Crippen molar-refractivity contribution in [3.05, 3.63) is 60.2 Å². The first-order valence-electron chi connectivity index (χ1n) is 6.17. The number of benzene rings is 1. The highest BCUT2D eigenvalue weighted by atomic mass is 16.6. The highest BCUT2D eigenvalue weighted by Crippen LogP contribution is 2.43. The van der Waals surface area contributed by atoms with E-state index in [1.165, 1.54) is 14.0 Å². The predicted octanol–water partition coefficient (Wildman–Crippen LogP) is 2.63. The van der Waals surface area contributed by atoms with Crippen LogP contribution in [0, 0.1) is 0 Å². The fourth-order valence-electron chi connectivity index (χ4n) is 2.71. The number of methoxy groups -OCH3 is 2. The number of Topliss-reactive ketones (excluding diaryl/α,β-unsaturated/α-hetero) is 1. The van der Waals surface area contributed by atoms with Gasteiger partial charge in [0.15, 0.2) is 17.0 Å². The Balaban J connectivity index is 2.69. The third kappa shape index (κ3) is 1.86. The van der Waals surface area contributed by atoms with Gasteiger partial charge in [0.05, 0.1) is 0 Å². The van der Waals surface area contributed by atoms with Crippen LogP contribution in [0.15, 0.2) is 54.6 Å². The minimum atomic E-state index is -1.14. The molecule has 0 N–H and O–H groups in total. The lowest BCUT2D eigenvalue weighted by Gasteiger charge is -2.45. The Hall–Kier alpha value is -1.71. The maximum absolute atomic E-state index is 12.2. The van der Waals surface area contributed by atoms with Gasteiger partial charge in [-0.2, -0.15) is 0 Å². The molecule has 1 aromatic rings. The Bertz CT molecular complexity index is 518. The van der Waals surface area contributed by atoms with Crippen molar-refractivity contribution in [2.24, 2.45) is 0 Å². The summed E-state index contributed by atoms with van der Waals surface area (Å²) in [5.41, 5.74) is -1.20. The molecule has 2 atom stereocenters. The van der Waals surface area contributed by atoms with Crippen molar-refractivity contribution in [2.75, 3.05) is 14.2 Å². The largest absolute Gasteiger partial charge is 0.365 e. The first-order valence-corrected chi connectivity index (χ1v) is 6.17. The van der Waals surface area contributed by atoms with Gasteiger partial charge in [0.25, 0.3) is 0 Å². The topological polar surface area (TPSA) is 35.5 Å². The summed E-state index contributed by atoms with van der Waals surface area (Å²) in [4.78, 5) is 12.2. The minimum Gasteiger partial charge on any atom is -0.365 e. The zero-order chi connectivity index (χ0) is 13.9.